The summed E-state index contributed by atoms with van der Waals surface area (Å²) in [5, 5.41) is 9.29. The number of carboxylic acid groups (broad SMARTS) is 1. The molecule has 0 spiro atoms. The van der Waals surface area contributed by atoms with E-state index in [1.165, 1.54) is 0 Å². The van der Waals surface area contributed by atoms with Crippen LogP contribution in [0.5, 0.6) is 0 Å². The largest absolute Gasteiger partial charge is 0.481 e. The van der Waals surface area contributed by atoms with Gasteiger partial charge in [-0.3, -0.25) is 9.59 Å². The fourth-order valence-electron chi connectivity index (χ4n) is 3.41. The van der Waals surface area contributed by atoms with Crippen molar-refractivity contribution in [2.24, 2.45) is 5.92 Å². The predicted molar refractivity (Wildman–Crippen MR) is 93.5 cm³/mol. The average molecular weight is 320 g/mol. The number of allylic oxidation sites excluding steroid dienone is 1. The molecule has 24 heavy (non-hydrogen) atoms. The van der Waals surface area contributed by atoms with Gasteiger partial charge in [-0.05, 0) is 29.5 Å². The van der Waals surface area contributed by atoms with Gasteiger partial charge in [0.1, 0.15) is 0 Å². The Morgan fingerprint density at radius 1 is 1.12 bits per heavy atom. The van der Waals surface area contributed by atoms with E-state index in [2.05, 4.69) is 6.58 Å². The van der Waals surface area contributed by atoms with Crippen LogP contribution in [0.3, 0.4) is 0 Å². The first-order chi connectivity index (χ1) is 11.5. The van der Waals surface area contributed by atoms with E-state index in [1.807, 2.05) is 42.5 Å². The lowest BCUT2D eigenvalue weighted by Gasteiger charge is -2.19. The van der Waals surface area contributed by atoms with Crippen molar-refractivity contribution in [1.29, 1.82) is 0 Å². The molecule has 2 aromatic carbocycles. The summed E-state index contributed by atoms with van der Waals surface area (Å²) < 4.78 is 0. The van der Waals surface area contributed by atoms with Gasteiger partial charge in [0, 0.05) is 17.0 Å². The SMILES string of the molecule is C=CC(c1ccc2c(c1)CCc1ccccc1C2=O)C(C)C(=O)O. The van der Waals surface area contributed by atoms with Gasteiger partial charge in [-0.1, -0.05) is 55.5 Å². The highest BCUT2D eigenvalue weighted by molar-refractivity contribution is 6.11. The van der Waals surface area contributed by atoms with Gasteiger partial charge in [-0.25, -0.2) is 0 Å². The Morgan fingerprint density at radius 3 is 2.50 bits per heavy atom. The van der Waals surface area contributed by atoms with Crippen molar-refractivity contribution in [3.8, 4) is 0 Å². The van der Waals surface area contributed by atoms with Crippen LogP contribution in [0, 0.1) is 5.92 Å². The van der Waals surface area contributed by atoms with Gasteiger partial charge in [-0.2, -0.15) is 0 Å². The number of rotatable bonds is 4. The van der Waals surface area contributed by atoms with Gasteiger partial charge in [0.25, 0.3) is 0 Å². The zero-order chi connectivity index (χ0) is 17.3. The molecule has 3 nitrogen and oxygen atoms in total. The number of carbonyl (C=O) groups excluding carboxylic acids is 1. The Labute approximate surface area is 141 Å². The third-order valence-corrected chi connectivity index (χ3v) is 4.87. The molecular formula is C21H20O3. The van der Waals surface area contributed by atoms with Crippen LogP contribution in [0.1, 0.15) is 45.5 Å². The zero-order valence-corrected chi connectivity index (χ0v) is 13.7. The van der Waals surface area contributed by atoms with E-state index in [0.29, 0.717) is 0 Å². The van der Waals surface area contributed by atoms with Crippen LogP contribution >= 0.6 is 0 Å². The smallest absolute Gasteiger partial charge is 0.307 e. The molecule has 0 heterocycles. The molecular weight excluding hydrogens is 300 g/mol. The second-order valence-corrected chi connectivity index (χ2v) is 6.29. The molecule has 0 saturated carbocycles. The van der Waals surface area contributed by atoms with Crippen molar-refractivity contribution >= 4 is 11.8 Å². The van der Waals surface area contributed by atoms with Gasteiger partial charge < -0.3 is 5.11 Å². The number of fused-ring (bicyclic) bond motifs is 2. The molecule has 0 fully saturated rings. The maximum atomic E-state index is 12.8. The molecule has 0 aromatic heterocycles. The molecule has 122 valence electrons. The molecule has 3 heteroatoms. The van der Waals surface area contributed by atoms with E-state index in [9.17, 15) is 14.7 Å². The molecule has 2 unspecified atom stereocenters. The van der Waals surface area contributed by atoms with Gasteiger partial charge in [0.2, 0.25) is 0 Å². The van der Waals surface area contributed by atoms with Crippen LogP contribution in [0.2, 0.25) is 0 Å². The van der Waals surface area contributed by atoms with Crippen LogP contribution in [-0.4, -0.2) is 16.9 Å². The highest BCUT2D eigenvalue weighted by Gasteiger charge is 2.25. The molecule has 0 amide bonds. The number of carbonyl (C=O) groups is 2. The topological polar surface area (TPSA) is 54.4 Å². The number of hydrogen-bond donors (Lipinski definition) is 1. The van der Waals surface area contributed by atoms with Crippen LogP contribution < -0.4 is 0 Å². The lowest BCUT2D eigenvalue weighted by Crippen LogP contribution is -2.18. The number of carboxylic acids is 1. The summed E-state index contributed by atoms with van der Waals surface area (Å²) >= 11 is 0. The maximum Gasteiger partial charge on any atom is 0.307 e. The molecule has 0 saturated heterocycles. The summed E-state index contributed by atoms with van der Waals surface area (Å²) in [6.07, 6.45) is 3.26. The monoisotopic (exact) mass is 320 g/mol. The minimum atomic E-state index is -0.849. The van der Waals surface area contributed by atoms with E-state index < -0.39 is 11.9 Å². The highest BCUT2D eigenvalue weighted by atomic mass is 16.4. The fourth-order valence-corrected chi connectivity index (χ4v) is 3.41. The van der Waals surface area contributed by atoms with Gasteiger partial charge in [-0.15, -0.1) is 6.58 Å². The Kier molecular flexibility index (Phi) is 4.34. The molecule has 0 radical (unpaired) electrons. The Balaban J connectivity index is 2.03. The average Bonchev–Trinajstić information content (AvgIpc) is 2.73. The summed E-state index contributed by atoms with van der Waals surface area (Å²) in [5.74, 6) is -1.63. The van der Waals surface area contributed by atoms with Crippen molar-refractivity contribution in [2.45, 2.75) is 25.7 Å². The molecule has 1 N–H and O–H groups in total. The predicted octanol–water partition coefficient (Wildman–Crippen LogP) is 4.01. The first-order valence-corrected chi connectivity index (χ1v) is 8.13. The lowest BCUT2D eigenvalue weighted by molar-refractivity contribution is -0.141. The van der Waals surface area contributed by atoms with E-state index in [0.717, 1.165) is 40.7 Å². The normalized spacial score (nSPS) is 15.6. The van der Waals surface area contributed by atoms with Crippen molar-refractivity contribution in [3.05, 3.63) is 82.9 Å². The van der Waals surface area contributed by atoms with Crippen LogP contribution in [0.4, 0.5) is 0 Å². The molecule has 1 aliphatic carbocycles. The van der Waals surface area contributed by atoms with E-state index in [1.54, 1.807) is 13.0 Å². The van der Waals surface area contributed by atoms with E-state index >= 15 is 0 Å². The number of ketones is 1. The van der Waals surface area contributed by atoms with Crippen molar-refractivity contribution < 1.29 is 14.7 Å². The van der Waals surface area contributed by atoms with Crippen molar-refractivity contribution in [3.63, 3.8) is 0 Å². The summed E-state index contributed by atoms with van der Waals surface area (Å²) in [5.41, 5.74) is 4.44. The molecule has 1 aliphatic rings. The fraction of sp³-hybridized carbons (Fsp3) is 0.238. The number of aryl methyl sites for hydroxylation is 2. The third kappa shape index (κ3) is 2.78. The summed E-state index contributed by atoms with van der Waals surface area (Å²) in [6.45, 7) is 5.47. The van der Waals surface area contributed by atoms with Crippen LogP contribution in [0.25, 0.3) is 0 Å². The van der Waals surface area contributed by atoms with E-state index in [4.69, 9.17) is 0 Å². The third-order valence-electron chi connectivity index (χ3n) is 4.87. The standard InChI is InChI=1S/C21H20O3/c1-3-17(13(2)21(23)24)15-10-11-19-16(12-15)9-8-14-6-4-5-7-18(14)20(19)22/h3-7,10-13,17H,1,8-9H2,2H3,(H,23,24). The van der Waals surface area contributed by atoms with Gasteiger partial charge >= 0.3 is 5.97 Å². The number of aliphatic carboxylic acids is 1. The summed E-state index contributed by atoms with van der Waals surface area (Å²) in [6, 6.07) is 13.4. The van der Waals surface area contributed by atoms with E-state index in [-0.39, 0.29) is 11.7 Å². The van der Waals surface area contributed by atoms with Crippen molar-refractivity contribution in [1.82, 2.24) is 0 Å². The quantitative estimate of drug-likeness (QED) is 0.866. The Morgan fingerprint density at radius 2 is 1.79 bits per heavy atom. The Bertz CT molecular complexity index is 820. The second-order valence-electron chi connectivity index (χ2n) is 6.29. The molecule has 2 atom stereocenters. The number of hydrogen-bond acceptors (Lipinski definition) is 2. The molecule has 3 rings (SSSR count). The van der Waals surface area contributed by atoms with Crippen LogP contribution in [0.15, 0.2) is 55.1 Å². The highest BCUT2D eigenvalue weighted by Crippen LogP contribution is 2.31. The first kappa shape index (κ1) is 16.2. The lowest BCUT2D eigenvalue weighted by atomic mass is 9.85. The Hall–Kier alpha value is -2.68. The zero-order valence-electron chi connectivity index (χ0n) is 13.7. The minimum absolute atomic E-state index is 0.0473. The molecule has 0 bridgehead atoms. The van der Waals surface area contributed by atoms with Gasteiger partial charge in [0.15, 0.2) is 5.78 Å². The first-order valence-electron chi connectivity index (χ1n) is 8.13. The molecule has 0 aliphatic heterocycles. The van der Waals surface area contributed by atoms with Crippen molar-refractivity contribution in [2.75, 3.05) is 0 Å². The summed E-state index contributed by atoms with van der Waals surface area (Å²) in [7, 11) is 0. The second kappa shape index (κ2) is 6.44. The number of benzene rings is 2. The van der Waals surface area contributed by atoms with Gasteiger partial charge in [0.05, 0.1) is 5.92 Å². The molecule has 2 aromatic rings. The van der Waals surface area contributed by atoms with Crippen LogP contribution in [-0.2, 0) is 17.6 Å². The maximum absolute atomic E-state index is 12.8. The minimum Gasteiger partial charge on any atom is -0.481 e. The summed E-state index contributed by atoms with van der Waals surface area (Å²) in [4.78, 5) is 24.1.